The van der Waals surface area contributed by atoms with Gasteiger partial charge in [-0.3, -0.25) is 24.4 Å². The van der Waals surface area contributed by atoms with Crippen LogP contribution in [0.4, 0.5) is 4.79 Å². The van der Waals surface area contributed by atoms with E-state index in [1.807, 2.05) is 36.4 Å². The van der Waals surface area contributed by atoms with Crippen LogP contribution in [0.1, 0.15) is 30.4 Å². The molecular formula is C23H25N3O3. The molecule has 1 fully saturated rings. The Morgan fingerprint density at radius 3 is 1.76 bits per heavy atom. The van der Waals surface area contributed by atoms with E-state index in [0.29, 0.717) is 12.3 Å². The number of urea groups is 1. The van der Waals surface area contributed by atoms with E-state index >= 15 is 0 Å². The van der Waals surface area contributed by atoms with E-state index < -0.39 is 23.8 Å². The van der Waals surface area contributed by atoms with Crippen LogP contribution in [0.2, 0.25) is 0 Å². The highest BCUT2D eigenvalue weighted by molar-refractivity contribution is 6.26. The van der Waals surface area contributed by atoms with Crippen molar-refractivity contribution in [2.45, 2.75) is 19.3 Å². The SMILES string of the molecule is CC(=NCCC(c1ccccc1)c1ccccc1)C1C(=O)N(C)C(=O)N(C)C1=O. The van der Waals surface area contributed by atoms with Crippen LogP contribution >= 0.6 is 0 Å². The van der Waals surface area contributed by atoms with Crippen molar-refractivity contribution in [2.24, 2.45) is 10.9 Å². The summed E-state index contributed by atoms with van der Waals surface area (Å²) in [5.41, 5.74) is 2.83. The van der Waals surface area contributed by atoms with Crippen molar-refractivity contribution >= 4 is 23.6 Å². The fourth-order valence-corrected chi connectivity index (χ4v) is 3.62. The van der Waals surface area contributed by atoms with Crippen LogP contribution in [0.15, 0.2) is 65.7 Å². The maximum absolute atomic E-state index is 12.4. The Hall–Kier alpha value is -3.28. The van der Waals surface area contributed by atoms with Crippen molar-refractivity contribution in [3.05, 3.63) is 71.8 Å². The maximum atomic E-state index is 12.4. The predicted octanol–water partition coefficient (Wildman–Crippen LogP) is 3.34. The van der Waals surface area contributed by atoms with Gasteiger partial charge in [0.15, 0.2) is 5.92 Å². The Kier molecular flexibility index (Phi) is 6.22. The van der Waals surface area contributed by atoms with Crippen LogP contribution in [-0.4, -0.2) is 54.0 Å². The molecule has 0 aliphatic carbocycles. The van der Waals surface area contributed by atoms with Crippen molar-refractivity contribution in [1.82, 2.24) is 9.80 Å². The van der Waals surface area contributed by atoms with Crippen LogP contribution in [-0.2, 0) is 9.59 Å². The molecule has 0 atom stereocenters. The van der Waals surface area contributed by atoms with Gasteiger partial charge in [0, 0.05) is 32.3 Å². The second-order valence-electron chi connectivity index (χ2n) is 7.20. The van der Waals surface area contributed by atoms with Gasteiger partial charge in [-0.1, -0.05) is 60.7 Å². The van der Waals surface area contributed by atoms with Gasteiger partial charge in [-0.15, -0.1) is 0 Å². The molecule has 4 amide bonds. The normalized spacial score (nSPS) is 16.1. The number of nitrogens with zero attached hydrogens (tertiary/aromatic N) is 3. The van der Waals surface area contributed by atoms with Gasteiger partial charge < -0.3 is 0 Å². The summed E-state index contributed by atoms with van der Waals surface area (Å²) in [5.74, 6) is -1.92. The Morgan fingerprint density at radius 1 is 0.862 bits per heavy atom. The number of imide groups is 2. The highest BCUT2D eigenvalue weighted by Gasteiger charge is 2.43. The number of hydrogen-bond acceptors (Lipinski definition) is 4. The molecule has 29 heavy (non-hydrogen) atoms. The molecule has 1 aliphatic rings. The minimum absolute atomic E-state index is 0.165. The lowest BCUT2D eigenvalue weighted by molar-refractivity contribution is -0.144. The number of barbiturate groups is 1. The first kappa shape index (κ1) is 20.5. The molecule has 1 heterocycles. The van der Waals surface area contributed by atoms with Gasteiger partial charge in [0.1, 0.15) is 0 Å². The zero-order valence-corrected chi connectivity index (χ0v) is 16.9. The van der Waals surface area contributed by atoms with Crippen LogP contribution < -0.4 is 0 Å². The maximum Gasteiger partial charge on any atom is 0.332 e. The molecule has 0 unspecified atom stereocenters. The van der Waals surface area contributed by atoms with Gasteiger partial charge in [-0.2, -0.15) is 0 Å². The third kappa shape index (κ3) is 4.26. The number of amides is 4. The summed E-state index contributed by atoms with van der Waals surface area (Å²) in [7, 11) is 2.77. The van der Waals surface area contributed by atoms with Crippen molar-refractivity contribution < 1.29 is 14.4 Å². The van der Waals surface area contributed by atoms with Crippen molar-refractivity contribution in [3.63, 3.8) is 0 Å². The van der Waals surface area contributed by atoms with E-state index in [1.54, 1.807) is 6.92 Å². The minimum Gasteiger partial charge on any atom is -0.293 e. The number of hydrogen-bond donors (Lipinski definition) is 0. The summed E-state index contributed by atoms with van der Waals surface area (Å²) in [4.78, 5) is 43.3. The molecule has 0 radical (unpaired) electrons. The summed E-state index contributed by atoms with van der Waals surface area (Å²) >= 11 is 0. The van der Waals surface area contributed by atoms with Gasteiger partial charge in [0.2, 0.25) is 11.8 Å². The highest BCUT2D eigenvalue weighted by atomic mass is 16.2. The van der Waals surface area contributed by atoms with Gasteiger partial charge in [0.25, 0.3) is 0 Å². The summed E-state index contributed by atoms with van der Waals surface area (Å²) in [6, 6.07) is 19.8. The van der Waals surface area contributed by atoms with Gasteiger partial charge in [-0.25, -0.2) is 4.79 Å². The topological polar surface area (TPSA) is 70.1 Å². The van der Waals surface area contributed by atoms with E-state index in [9.17, 15) is 14.4 Å². The molecule has 3 rings (SSSR count). The first-order valence-electron chi connectivity index (χ1n) is 9.61. The molecule has 1 saturated heterocycles. The van der Waals surface area contributed by atoms with Gasteiger partial charge in [0.05, 0.1) is 0 Å². The molecule has 2 aromatic carbocycles. The van der Waals surface area contributed by atoms with Crippen molar-refractivity contribution in [2.75, 3.05) is 20.6 Å². The third-order valence-electron chi connectivity index (χ3n) is 5.33. The summed E-state index contributed by atoms with van der Waals surface area (Å²) in [5, 5.41) is 0. The van der Waals surface area contributed by atoms with E-state index in [2.05, 4.69) is 29.3 Å². The number of aliphatic imine (C=N–C) groups is 1. The average Bonchev–Trinajstić information content (AvgIpc) is 2.75. The monoisotopic (exact) mass is 391 g/mol. The molecule has 2 aromatic rings. The lowest BCUT2D eigenvalue weighted by Gasteiger charge is -2.32. The Morgan fingerprint density at radius 2 is 1.31 bits per heavy atom. The molecular weight excluding hydrogens is 366 g/mol. The second kappa shape index (κ2) is 8.82. The van der Waals surface area contributed by atoms with E-state index in [4.69, 9.17) is 0 Å². The summed E-state index contributed by atoms with van der Waals surface area (Å²) < 4.78 is 0. The molecule has 6 nitrogen and oxygen atoms in total. The standard InChI is InChI=1S/C23H25N3O3/c1-16(20-21(27)25(2)23(29)26(3)22(20)28)24-15-14-19(17-10-6-4-7-11-17)18-12-8-5-9-13-18/h4-13,19-20H,14-15H2,1-3H3. The van der Waals surface area contributed by atoms with Crippen LogP contribution in [0.3, 0.4) is 0 Å². The molecule has 1 aliphatic heterocycles. The molecule has 0 bridgehead atoms. The van der Waals surface area contributed by atoms with Crippen molar-refractivity contribution in [3.8, 4) is 0 Å². The molecule has 0 N–H and O–H groups in total. The van der Waals surface area contributed by atoms with E-state index in [1.165, 1.54) is 25.2 Å². The number of rotatable bonds is 6. The smallest absolute Gasteiger partial charge is 0.293 e. The number of carbonyl (C=O) groups is 3. The van der Waals surface area contributed by atoms with Gasteiger partial charge >= 0.3 is 6.03 Å². The average molecular weight is 391 g/mol. The van der Waals surface area contributed by atoms with E-state index in [-0.39, 0.29) is 5.92 Å². The zero-order chi connectivity index (χ0) is 21.0. The lowest BCUT2D eigenvalue weighted by atomic mass is 9.88. The lowest BCUT2D eigenvalue weighted by Crippen LogP contribution is -2.58. The molecule has 0 spiro atoms. The number of carbonyl (C=O) groups excluding carboxylic acids is 3. The molecule has 150 valence electrons. The quantitative estimate of drug-likeness (QED) is 0.560. The largest absolute Gasteiger partial charge is 0.332 e. The Bertz CT molecular complexity index is 861. The predicted molar refractivity (Wildman–Crippen MR) is 112 cm³/mol. The third-order valence-corrected chi connectivity index (χ3v) is 5.33. The fraction of sp³-hybridized carbons (Fsp3) is 0.304. The van der Waals surface area contributed by atoms with Crippen molar-refractivity contribution in [1.29, 1.82) is 0 Å². The fourth-order valence-electron chi connectivity index (χ4n) is 3.62. The first-order valence-corrected chi connectivity index (χ1v) is 9.61. The zero-order valence-electron chi connectivity index (χ0n) is 16.9. The summed E-state index contributed by atoms with van der Waals surface area (Å²) in [6.07, 6.45) is 0.741. The molecule has 6 heteroatoms. The molecule has 0 saturated carbocycles. The van der Waals surface area contributed by atoms with Crippen LogP contribution in [0, 0.1) is 5.92 Å². The van der Waals surface area contributed by atoms with Crippen LogP contribution in [0.5, 0.6) is 0 Å². The summed E-state index contributed by atoms with van der Waals surface area (Å²) in [6.45, 7) is 2.15. The Balaban J connectivity index is 1.78. The Labute approximate surface area is 170 Å². The van der Waals surface area contributed by atoms with Crippen LogP contribution in [0.25, 0.3) is 0 Å². The second-order valence-corrected chi connectivity index (χ2v) is 7.20. The minimum atomic E-state index is -1.03. The van der Waals surface area contributed by atoms with E-state index in [0.717, 1.165) is 16.2 Å². The first-order chi connectivity index (χ1) is 13.9. The van der Waals surface area contributed by atoms with Gasteiger partial charge in [-0.05, 0) is 24.5 Å². The number of benzene rings is 2. The highest BCUT2D eigenvalue weighted by Crippen LogP contribution is 2.28. The molecule has 0 aromatic heterocycles.